The van der Waals surface area contributed by atoms with E-state index in [1.54, 1.807) is 0 Å². The van der Waals surface area contributed by atoms with E-state index >= 15 is 0 Å². The van der Waals surface area contributed by atoms with Gasteiger partial charge < -0.3 is 10.1 Å². The van der Waals surface area contributed by atoms with E-state index in [2.05, 4.69) is 15.3 Å². The summed E-state index contributed by atoms with van der Waals surface area (Å²) in [5, 5.41) is 3.97. The molecule has 0 radical (unpaired) electrons. The zero-order valence-electron chi connectivity index (χ0n) is 11.9. The number of nitrogens with one attached hydrogen (secondary N) is 1. The minimum Gasteiger partial charge on any atom is -0.469 e. The van der Waals surface area contributed by atoms with Crippen LogP contribution < -0.4 is 5.32 Å². The van der Waals surface area contributed by atoms with Crippen LogP contribution in [0.2, 0.25) is 5.02 Å². The van der Waals surface area contributed by atoms with E-state index in [0.717, 1.165) is 37.8 Å². The molecule has 0 aliphatic heterocycles. The van der Waals surface area contributed by atoms with Gasteiger partial charge in [0.2, 0.25) is 0 Å². The van der Waals surface area contributed by atoms with Gasteiger partial charge in [0.1, 0.15) is 17.2 Å². The first kappa shape index (κ1) is 15.0. The lowest BCUT2D eigenvalue weighted by molar-refractivity contribution is -0.146. The minimum atomic E-state index is -0.100. The van der Waals surface area contributed by atoms with Crippen molar-refractivity contribution in [2.24, 2.45) is 5.92 Å². The second kappa shape index (κ2) is 6.88. The highest BCUT2D eigenvalue weighted by Gasteiger charge is 2.27. The molecule has 20 heavy (non-hydrogen) atoms. The first-order valence-corrected chi connectivity index (χ1v) is 7.37. The molecule has 1 aromatic rings. The molecule has 2 rings (SSSR count). The Balaban J connectivity index is 1.94. The van der Waals surface area contributed by atoms with Crippen molar-refractivity contribution in [1.82, 2.24) is 9.97 Å². The van der Waals surface area contributed by atoms with Gasteiger partial charge >= 0.3 is 5.97 Å². The van der Waals surface area contributed by atoms with E-state index < -0.39 is 0 Å². The largest absolute Gasteiger partial charge is 0.469 e. The Hall–Kier alpha value is -1.36. The third-order valence-electron chi connectivity index (χ3n) is 3.80. The summed E-state index contributed by atoms with van der Waals surface area (Å²) in [6, 6.07) is 0.299. The molecule has 1 aromatic heterocycles. The minimum absolute atomic E-state index is 0.0325. The smallest absolute Gasteiger partial charge is 0.308 e. The lowest BCUT2D eigenvalue weighted by Gasteiger charge is -2.28. The molecule has 0 atom stereocenters. The molecular formula is C14H20ClN3O2. The Morgan fingerprint density at radius 1 is 1.40 bits per heavy atom. The maximum atomic E-state index is 11.5. The number of carbonyl (C=O) groups excluding carboxylic acids is 1. The number of nitrogens with zero attached hydrogens (tertiary/aromatic N) is 2. The molecule has 5 nitrogen and oxygen atoms in total. The fourth-order valence-corrected chi connectivity index (χ4v) is 2.87. The Morgan fingerprint density at radius 2 is 2.10 bits per heavy atom. The molecule has 1 fully saturated rings. The first-order chi connectivity index (χ1) is 9.65. The summed E-state index contributed by atoms with van der Waals surface area (Å²) in [5.41, 5.74) is 0.854. The molecule has 1 heterocycles. The molecule has 0 amide bonds. The number of aromatic nitrogens is 2. The quantitative estimate of drug-likeness (QED) is 0.866. The third-order valence-corrected chi connectivity index (χ3v) is 4.20. The number of rotatable bonds is 4. The predicted octanol–water partition coefficient (Wildman–Crippen LogP) is 2.84. The lowest BCUT2D eigenvalue weighted by Crippen LogP contribution is -2.30. The molecule has 1 saturated carbocycles. The van der Waals surface area contributed by atoms with Gasteiger partial charge in [-0.1, -0.05) is 18.5 Å². The van der Waals surface area contributed by atoms with Crippen molar-refractivity contribution >= 4 is 23.4 Å². The van der Waals surface area contributed by atoms with E-state index in [9.17, 15) is 4.79 Å². The first-order valence-electron chi connectivity index (χ1n) is 6.99. The van der Waals surface area contributed by atoms with Gasteiger partial charge in [0.05, 0.1) is 18.7 Å². The lowest BCUT2D eigenvalue weighted by atomic mass is 9.86. The van der Waals surface area contributed by atoms with Gasteiger partial charge in [-0.3, -0.25) is 4.79 Å². The molecule has 0 saturated heterocycles. The highest BCUT2D eigenvalue weighted by molar-refractivity contribution is 6.33. The van der Waals surface area contributed by atoms with Crippen LogP contribution in [0, 0.1) is 5.92 Å². The Kier molecular flexibility index (Phi) is 5.17. The monoisotopic (exact) mass is 297 g/mol. The SMILES string of the molecule is CCc1ncnc(NC2CCC(C(=O)OC)CC2)c1Cl. The normalized spacial score (nSPS) is 22.4. The van der Waals surface area contributed by atoms with Gasteiger partial charge in [0.25, 0.3) is 0 Å². The summed E-state index contributed by atoms with van der Waals surface area (Å²) in [5.74, 6) is 0.627. The number of anilines is 1. The summed E-state index contributed by atoms with van der Waals surface area (Å²) in [7, 11) is 1.44. The molecule has 110 valence electrons. The fraction of sp³-hybridized carbons (Fsp3) is 0.643. The maximum Gasteiger partial charge on any atom is 0.308 e. The molecule has 1 aliphatic rings. The highest BCUT2D eigenvalue weighted by atomic mass is 35.5. The molecular weight excluding hydrogens is 278 g/mol. The van der Waals surface area contributed by atoms with E-state index in [-0.39, 0.29) is 11.9 Å². The van der Waals surface area contributed by atoms with Crippen LogP contribution in [0.4, 0.5) is 5.82 Å². The predicted molar refractivity (Wildman–Crippen MR) is 77.8 cm³/mol. The van der Waals surface area contributed by atoms with Crippen molar-refractivity contribution < 1.29 is 9.53 Å². The summed E-state index contributed by atoms with van der Waals surface area (Å²) >= 11 is 6.27. The summed E-state index contributed by atoms with van der Waals surface area (Å²) in [6.45, 7) is 2.01. The molecule has 0 unspecified atom stereocenters. The number of esters is 1. The number of hydrogen-bond donors (Lipinski definition) is 1. The van der Waals surface area contributed by atoms with Crippen molar-refractivity contribution in [2.75, 3.05) is 12.4 Å². The second-order valence-electron chi connectivity index (χ2n) is 5.05. The molecule has 0 spiro atoms. The summed E-state index contributed by atoms with van der Waals surface area (Å²) < 4.78 is 4.79. The number of hydrogen-bond acceptors (Lipinski definition) is 5. The van der Waals surface area contributed by atoms with Crippen LogP contribution >= 0.6 is 11.6 Å². The van der Waals surface area contributed by atoms with E-state index in [4.69, 9.17) is 16.3 Å². The molecule has 0 aromatic carbocycles. The van der Waals surface area contributed by atoms with Crippen LogP contribution in [0.5, 0.6) is 0 Å². The average molecular weight is 298 g/mol. The van der Waals surface area contributed by atoms with Gasteiger partial charge in [-0.2, -0.15) is 0 Å². The molecule has 0 bridgehead atoms. The van der Waals surface area contributed by atoms with Gasteiger partial charge in [0, 0.05) is 6.04 Å². The number of ether oxygens (including phenoxy) is 1. The van der Waals surface area contributed by atoms with Crippen molar-refractivity contribution in [2.45, 2.75) is 45.1 Å². The van der Waals surface area contributed by atoms with E-state index in [0.29, 0.717) is 16.9 Å². The number of aryl methyl sites for hydroxylation is 1. The number of methoxy groups -OCH3 is 1. The van der Waals surface area contributed by atoms with Gasteiger partial charge in [-0.15, -0.1) is 0 Å². The van der Waals surface area contributed by atoms with Crippen LogP contribution in [0.1, 0.15) is 38.3 Å². The maximum absolute atomic E-state index is 11.5. The van der Waals surface area contributed by atoms with Crippen molar-refractivity contribution in [1.29, 1.82) is 0 Å². The van der Waals surface area contributed by atoms with Crippen LogP contribution in [-0.2, 0) is 16.0 Å². The second-order valence-corrected chi connectivity index (χ2v) is 5.43. The van der Waals surface area contributed by atoms with E-state index in [1.165, 1.54) is 13.4 Å². The fourth-order valence-electron chi connectivity index (χ4n) is 2.59. The Morgan fingerprint density at radius 3 is 2.70 bits per heavy atom. The number of halogens is 1. The van der Waals surface area contributed by atoms with E-state index in [1.807, 2.05) is 6.92 Å². The summed E-state index contributed by atoms with van der Waals surface area (Å²) in [6.07, 6.45) is 5.84. The van der Waals surface area contributed by atoms with Gasteiger partial charge in [0.15, 0.2) is 0 Å². The van der Waals surface area contributed by atoms with Crippen molar-refractivity contribution in [3.8, 4) is 0 Å². The van der Waals surface area contributed by atoms with Crippen LogP contribution in [0.25, 0.3) is 0 Å². The highest BCUT2D eigenvalue weighted by Crippen LogP contribution is 2.29. The van der Waals surface area contributed by atoms with Crippen molar-refractivity contribution in [3.63, 3.8) is 0 Å². The zero-order valence-corrected chi connectivity index (χ0v) is 12.6. The summed E-state index contributed by atoms with van der Waals surface area (Å²) in [4.78, 5) is 19.8. The Labute approximate surface area is 124 Å². The molecule has 1 N–H and O–H groups in total. The van der Waals surface area contributed by atoms with Gasteiger partial charge in [-0.25, -0.2) is 9.97 Å². The van der Waals surface area contributed by atoms with Crippen LogP contribution in [0.15, 0.2) is 6.33 Å². The van der Waals surface area contributed by atoms with Crippen LogP contribution in [-0.4, -0.2) is 29.1 Å². The molecule has 1 aliphatic carbocycles. The topological polar surface area (TPSA) is 64.1 Å². The Bertz CT molecular complexity index is 473. The number of carbonyl (C=O) groups is 1. The van der Waals surface area contributed by atoms with Crippen LogP contribution in [0.3, 0.4) is 0 Å². The zero-order chi connectivity index (χ0) is 14.5. The standard InChI is InChI=1S/C14H20ClN3O2/c1-3-11-12(15)13(17-8-16-11)18-10-6-4-9(5-7-10)14(19)20-2/h8-10H,3-7H2,1-2H3,(H,16,17,18). The molecule has 6 heteroatoms. The van der Waals surface area contributed by atoms with Gasteiger partial charge in [-0.05, 0) is 32.1 Å². The van der Waals surface area contributed by atoms with Crippen molar-refractivity contribution in [3.05, 3.63) is 17.0 Å². The third kappa shape index (κ3) is 3.39. The average Bonchev–Trinajstić information content (AvgIpc) is 2.49.